The van der Waals surface area contributed by atoms with Crippen molar-refractivity contribution in [2.45, 2.75) is 19.5 Å². The molecule has 8 heteroatoms. The van der Waals surface area contributed by atoms with Gasteiger partial charge in [-0.15, -0.1) is 11.3 Å². The van der Waals surface area contributed by atoms with Crippen molar-refractivity contribution in [2.75, 3.05) is 31.5 Å². The third-order valence-corrected chi connectivity index (χ3v) is 6.98. The van der Waals surface area contributed by atoms with Crippen LogP contribution in [0, 0.1) is 0 Å². The zero-order valence-electron chi connectivity index (χ0n) is 17.2. The number of thiazole rings is 1. The Kier molecular flexibility index (Phi) is 7.25. The Hall–Kier alpha value is -1.96. The summed E-state index contributed by atoms with van der Waals surface area (Å²) in [5.41, 5.74) is 2.80. The Morgan fingerprint density at radius 3 is 2.61 bits per heavy atom. The summed E-state index contributed by atoms with van der Waals surface area (Å²) < 4.78 is 0. The number of rotatable bonds is 6. The van der Waals surface area contributed by atoms with Crippen LogP contribution < -0.4 is 5.32 Å². The fraction of sp³-hybridized carbons (Fsp3) is 0.304. The standard InChI is InChI=1S/C23H24Cl2N4OS/c1-16(22(30)27-21-13-18(24)7-8-20(21)25)29-11-9-28(10-12-29)14-19-15-31-23(26-19)17-5-3-2-4-6-17/h2-8,13,15-16H,9-12,14H2,1H3,(H,27,30). The van der Waals surface area contributed by atoms with Crippen LogP contribution in [0.3, 0.4) is 0 Å². The summed E-state index contributed by atoms with van der Waals surface area (Å²) in [7, 11) is 0. The van der Waals surface area contributed by atoms with Crippen molar-refractivity contribution in [1.29, 1.82) is 0 Å². The highest BCUT2D eigenvalue weighted by Gasteiger charge is 2.26. The van der Waals surface area contributed by atoms with E-state index < -0.39 is 0 Å². The van der Waals surface area contributed by atoms with E-state index in [1.165, 1.54) is 0 Å². The van der Waals surface area contributed by atoms with Gasteiger partial charge in [-0.1, -0.05) is 53.5 Å². The van der Waals surface area contributed by atoms with E-state index >= 15 is 0 Å². The first-order chi connectivity index (χ1) is 15.0. The number of halogens is 2. The first-order valence-electron chi connectivity index (χ1n) is 10.2. The molecule has 4 rings (SSSR count). The largest absolute Gasteiger partial charge is 0.323 e. The number of benzene rings is 2. The SMILES string of the molecule is CC(C(=O)Nc1cc(Cl)ccc1Cl)N1CCN(Cc2csc(-c3ccccc3)n2)CC1. The molecule has 1 fully saturated rings. The predicted octanol–water partition coefficient (Wildman–Crippen LogP) is 5.26. The molecule has 1 aliphatic heterocycles. The molecule has 1 aromatic heterocycles. The van der Waals surface area contributed by atoms with Crippen LogP contribution in [-0.2, 0) is 11.3 Å². The zero-order valence-corrected chi connectivity index (χ0v) is 19.6. The van der Waals surface area contributed by atoms with E-state index in [0.717, 1.165) is 49.0 Å². The normalized spacial score (nSPS) is 16.2. The first kappa shape index (κ1) is 22.2. The molecule has 2 heterocycles. The summed E-state index contributed by atoms with van der Waals surface area (Å²) in [6.07, 6.45) is 0. The maximum absolute atomic E-state index is 12.7. The minimum Gasteiger partial charge on any atom is -0.323 e. The fourth-order valence-electron chi connectivity index (χ4n) is 3.63. The number of carbonyl (C=O) groups is 1. The van der Waals surface area contributed by atoms with Gasteiger partial charge < -0.3 is 5.32 Å². The van der Waals surface area contributed by atoms with Crippen LogP contribution in [0.4, 0.5) is 5.69 Å². The maximum atomic E-state index is 12.7. The molecule has 162 valence electrons. The number of anilines is 1. The number of hydrogen-bond acceptors (Lipinski definition) is 5. The van der Waals surface area contributed by atoms with Crippen molar-refractivity contribution in [2.24, 2.45) is 0 Å². The number of nitrogens with zero attached hydrogens (tertiary/aromatic N) is 3. The van der Waals surface area contributed by atoms with E-state index in [2.05, 4.69) is 32.6 Å². The number of amides is 1. The molecule has 1 saturated heterocycles. The van der Waals surface area contributed by atoms with E-state index in [1.54, 1.807) is 29.5 Å². The molecule has 1 atom stereocenters. The maximum Gasteiger partial charge on any atom is 0.241 e. The molecular formula is C23H24Cl2N4OS. The van der Waals surface area contributed by atoms with E-state index in [4.69, 9.17) is 28.2 Å². The molecule has 2 aromatic carbocycles. The van der Waals surface area contributed by atoms with Gasteiger partial charge in [0.2, 0.25) is 5.91 Å². The van der Waals surface area contributed by atoms with Crippen molar-refractivity contribution in [3.8, 4) is 10.6 Å². The molecule has 3 aromatic rings. The van der Waals surface area contributed by atoms with Gasteiger partial charge in [-0.3, -0.25) is 14.6 Å². The lowest BCUT2D eigenvalue weighted by Crippen LogP contribution is -2.52. The summed E-state index contributed by atoms with van der Waals surface area (Å²) >= 11 is 13.9. The molecule has 0 aliphatic carbocycles. The Bertz CT molecular complexity index is 1040. The van der Waals surface area contributed by atoms with Gasteiger partial charge in [0.25, 0.3) is 0 Å². The highest BCUT2D eigenvalue weighted by atomic mass is 35.5. The molecule has 5 nitrogen and oxygen atoms in total. The van der Waals surface area contributed by atoms with Gasteiger partial charge in [-0.05, 0) is 25.1 Å². The lowest BCUT2D eigenvalue weighted by molar-refractivity contribution is -0.121. The fourth-order valence-corrected chi connectivity index (χ4v) is 4.78. The summed E-state index contributed by atoms with van der Waals surface area (Å²) in [6.45, 7) is 6.20. The number of carbonyl (C=O) groups excluding carboxylic acids is 1. The zero-order chi connectivity index (χ0) is 21.8. The van der Waals surface area contributed by atoms with E-state index in [9.17, 15) is 4.79 Å². The van der Waals surface area contributed by atoms with Crippen LogP contribution in [-0.4, -0.2) is 52.9 Å². The Balaban J connectivity index is 1.29. The Labute approximate surface area is 196 Å². The van der Waals surface area contributed by atoms with Gasteiger partial charge in [-0.25, -0.2) is 4.98 Å². The van der Waals surface area contributed by atoms with Crippen molar-refractivity contribution in [3.05, 3.63) is 69.7 Å². The molecule has 0 radical (unpaired) electrons. The average molecular weight is 475 g/mol. The second-order valence-corrected chi connectivity index (χ2v) is 9.31. The molecule has 1 N–H and O–H groups in total. The van der Waals surface area contributed by atoms with Crippen LogP contribution in [0.5, 0.6) is 0 Å². The van der Waals surface area contributed by atoms with Crippen LogP contribution in [0.2, 0.25) is 10.0 Å². The van der Waals surface area contributed by atoms with E-state index in [0.29, 0.717) is 15.7 Å². The van der Waals surface area contributed by atoms with Gasteiger partial charge in [0.15, 0.2) is 0 Å². The van der Waals surface area contributed by atoms with Gasteiger partial charge in [-0.2, -0.15) is 0 Å². The molecule has 0 saturated carbocycles. The monoisotopic (exact) mass is 474 g/mol. The smallest absolute Gasteiger partial charge is 0.241 e. The molecule has 1 amide bonds. The minimum absolute atomic E-state index is 0.0791. The van der Waals surface area contributed by atoms with Crippen molar-refractivity contribution >= 4 is 46.1 Å². The first-order valence-corrected chi connectivity index (χ1v) is 11.9. The summed E-state index contributed by atoms with van der Waals surface area (Å²) in [6, 6.07) is 15.1. The molecule has 1 aliphatic rings. The van der Waals surface area contributed by atoms with Crippen molar-refractivity contribution in [1.82, 2.24) is 14.8 Å². The number of aromatic nitrogens is 1. The number of hydrogen-bond donors (Lipinski definition) is 1. The second kappa shape index (κ2) is 10.1. The highest BCUT2D eigenvalue weighted by molar-refractivity contribution is 7.13. The number of nitrogens with one attached hydrogen (secondary N) is 1. The van der Waals surface area contributed by atoms with Crippen LogP contribution in [0.15, 0.2) is 53.9 Å². The van der Waals surface area contributed by atoms with Crippen LogP contribution >= 0.6 is 34.5 Å². The minimum atomic E-state index is -0.249. The highest BCUT2D eigenvalue weighted by Crippen LogP contribution is 2.26. The number of piperazine rings is 1. The molecule has 31 heavy (non-hydrogen) atoms. The van der Waals surface area contributed by atoms with Crippen molar-refractivity contribution in [3.63, 3.8) is 0 Å². The van der Waals surface area contributed by atoms with Gasteiger partial charge in [0, 0.05) is 48.7 Å². The summed E-state index contributed by atoms with van der Waals surface area (Å²) in [5.74, 6) is -0.0791. The molecule has 0 bridgehead atoms. The van der Waals surface area contributed by atoms with Crippen molar-refractivity contribution < 1.29 is 4.79 Å². The summed E-state index contributed by atoms with van der Waals surface area (Å²) in [4.78, 5) is 22.1. The average Bonchev–Trinajstić information content (AvgIpc) is 3.25. The van der Waals surface area contributed by atoms with Crippen LogP contribution in [0.25, 0.3) is 10.6 Å². The third-order valence-electron chi connectivity index (χ3n) is 5.48. The quantitative estimate of drug-likeness (QED) is 0.528. The lowest BCUT2D eigenvalue weighted by atomic mass is 10.2. The topological polar surface area (TPSA) is 48.5 Å². The Morgan fingerprint density at radius 1 is 1.13 bits per heavy atom. The van der Waals surface area contributed by atoms with E-state index in [-0.39, 0.29) is 11.9 Å². The molecular weight excluding hydrogens is 451 g/mol. The Morgan fingerprint density at radius 2 is 1.87 bits per heavy atom. The molecule has 1 unspecified atom stereocenters. The van der Waals surface area contributed by atoms with Gasteiger partial charge in [0.05, 0.1) is 22.4 Å². The predicted molar refractivity (Wildman–Crippen MR) is 129 cm³/mol. The van der Waals surface area contributed by atoms with Crippen LogP contribution in [0.1, 0.15) is 12.6 Å². The van der Waals surface area contributed by atoms with Gasteiger partial charge >= 0.3 is 0 Å². The lowest BCUT2D eigenvalue weighted by Gasteiger charge is -2.37. The van der Waals surface area contributed by atoms with Gasteiger partial charge in [0.1, 0.15) is 5.01 Å². The second-order valence-electron chi connectivity index (χ2n) is 7.61. The summed E-state index contributed by atoms with van der Waals surface area (Å²) in [5, 5.41) is 7.11. The van der Waals surface area contributed by atoms with E-state index in [1.807, 2.05) is 25.1 Å². The molecule has 0 spiro atoms. The third kappa shape index (κ3) is 5.64.